The number of hydrogen-bond acceptors (Lipinski definition) is 8. The van der Waals surface area contributed by atoms with E-state index in [1.807, 2.05) is 0 Å². The molecule has 256 valence electrons. The number of fused-ring (bicyclic) bond motifs is 1. The van der Waals surface area contributed by atoms with Crippen molar-refractivity contribution in [1.82, 2.24) is 0 Å². The first-order chi connectivity index (χ1) is 22.3. The molecule has 2 aliphatic carbocycles. The van der Waals surface area contributed by atoms with Crippen LogP contribution in [-0.2, 0) is 47.8 Å². The summed E-state index contributed by atoms with van der Waals surface area (Å²) in [5.74, 6) is 0.416. The molecule has 8 nitrogen and oxygen atoms in total. The van der Waals surface area contributed by atoms with Crippen LogP contribution in [0.1, 0.15) is 87.8 Å². The van der Waals surface area contributed by atoms with E-state index in [0.717, 1.165) is 11.8 Å². The van der Waals surface area contributed by atoms with Crippen molar-refractivity contribution in [3.63, 3.8) is 0 Å². The van der Waals surface area contributed by atoms with Gasteiger partial charge in [-0.05, 0) is 85.8 Å². The Kier molecular flexibility index (Phi) is 14.8. The number of aliphatic hydroxyl groups excluding tert-OH is 2. The molecule has 1 aromatic rings. The predicted octanol–water partition coefficient (Wildman–Crippen LogP) is 5.90. The molecule has 0 bridgehead atoms. The van der Waals surface area contributed by atoms with Crippen LogP contribution in [0.4, 0.5) is 0 Å². The lowest BCUT2D eigenvalue weighted by Crippen LogP contribution is -2.43. The zero-order valence-corrected chi connectivity index (χ0v) is 27.9. The van der Waals surface area contributed by atoms with Gasteiger partial charge < -0.3 is 29.2 Å². The maximum absolute atomic E-state index is 12.1. The molecule has 8 heteroatoms. The number of hydrogen-bond donors (Lipinski definition) is 2. The summed E-state index contributed by atoms with van der Waals surface area (Å²) >= 11 is 0. The molecule has 0 aromatic heterocycles. The van der Waals surface area contributed by atoms with Crippen molar-refractivity contribution in [2.45, 2.75) is 96.7 Å². The van der Waals surface area contributed by atoms with Crippen LogP contribution < -0.4 is 0 Å². The summed E-state index contributed by atoms with van der Waals surface area (Å²) in [6.07, 6.45) is 15.7. The van der Waals surface area contributed by atoms with Crippen LogP contribution in [0, 0.1) is 29.6 Å². The molecule has 0 radical (unpaired) electrons. The lowest BCUT2D eigenvalue weighted by molar-refractivity contribution is -0.243. The first kappa shape index (κ1) is 36.3. The van der Waals surface area contributed by atoms with Crippen molar-refractivity contribution >= 4 is 11.9 Å². The van der Waals surface area contributed by atoms with E-state index in [9.17, 15) is 9.59 Å². The van der Waals surface area contributed by atoms with Gasteiger partial charge in [-0.2, -0.15) is 0 Å². The van der Waals surface area contributed by atoms with Crippen molar-refractivity contribution in [3.05, 3.63) is 59.2 Å². The second-order valence-electron chi connectivity index (χ2n) is 13.8. The quantitative estimate of drug-likeness (QED) is 0.123. The average molecular weight is 641 g/mol. The fourth-order valence-electron chi connectivity index (χ4n) is 7.27. The van der Waals surface area contributed by atoms with Gasteiger partial charge in [0.15, 0.2) is 6.29 Å². The van der Waals surface area contributed by atoms with Crippen LogP contribution >= 0.6 is 0 Å². The zero-order chi connectivity index (χ0) is 32.9. The Morgan fingerprint density at radius 3 is 2.09 bits per heavy atom. The van der Waals surface area contributed by atoms with E-state index in [-0.39, 0.29) is 24.4 Å². The van der Waals surface area contributed by atoms with Gasteiger partial charge in [0.05, 0.1) is 43.5 Å². The molecular formula is C38H56O8. The number of benzene rings is 1. The minimum absolute atomic E-state index is 0.0683. The molecule has 1 unspecified atom stereocenters. The van der Waals surface area contributed by atoms with Gasteiger partial charge in [-0.15, -0.1) is 0 Å². The second kappa shape index (κ2) is 18.7. The first-order valence-corrected chi connectivity index (χ1v) is 17.6. The standard InChI is InChI=1S/C38H56O8/c1-4-5-6-7-29-12-16-33-19-30(13-17-32(33)18-29)9-8-28-10-14-31(15-11-28)34-22-45-38(46-23-34)35(24-43-36(41)26(2)20-39)25-44-37(42)27(3)21-40/h12,16,18,28,30-31,34-35,38-40H,2-11,13-15,17,19-25H2,1H3. The monoisotopic (exact) mass is 640 g/mol. The Bertz CT molecular complexity index is 1110. The Morgan fingerprint density at radius 1 is 0.848 bits per heavy atom. The van der Waals surface area contributed by atoms with E-state index in [0.29, 0.717) is 25.0 Å². The average Bonchev–Trinajstić information content (AvgIpc) is 3.10. The van der Waals surface area contributed by atoms with E-state index in [1.54, 1.807) is 11.1 Å². The van der Waals surface area contributed by atoms with E-state index >= 15 is 0 Å². The molecule has 4 rings (SSSR count). The third-order valence-electron chi connectivity index (χ3n) is 10.4. The Labute approximate surface area is 275 Å². The van der Waals surface area contributed by atoms with Gasteiger partial charge in [0.25, 0.3) is 0 Å². The van der Waals surface area contributed by atoms with E-state index in [1.165, 1.54) is 89.0 Å². The third-order valence-corrected chi connectivity index (χ3v) is 10.4. The Balaban J connectivity index is 1.17. The van der Waals surface area contributed by atoms with E-state index in [2.05, 4.69) is 38.3 Å². The number of ether oxygens (including phenoxy) is 4. The summed E-state index contributed by atoms with van der Waals surface area (Å²) in [6, 6.07) is 7.27. The lowest BCUT2D eigenvalue weighted by atomic mass is 9.73. The summed E-state index contributed by atoms with van der Waals surface area (Å²) in [6.45, 7) is 9.01. The Hall–Kier alpha value is -2.52. The van der Waals surface area contributed by atoms with Crippen LogP contribution in [0.25, 0.3) is 0 Å². The molecule has 0 amide bonds. The largest absolute Gasteiger partial charge is 0.462 e. The van der Waals surface area contributed by atoms with Gasteiger partial charge >= 0.3 is 11.9 Å². The van der Waals surface area contributed by atoms with Gasteiger partial charge in [0.2, 0.25) is 0 Å². The van der Waals surface area contributed by atoms with Crippen LogP contribution in [0.15, 0.2) is 42.5 Å². The molecule has 2 N–H and O–H groups in total. The number of esters is 2. The molecule has 0 spiro atoms. The van der Waals surface area contributed by atoms with Crippen LogP contribution in [0.3, 0.4) is 0 Å². The first-order valence-electron chi connectivity index (χ1n) is 17.6. The fourth-order valence-corrected chi connectivity index (χ4v) is 7.27. The van der Waals surface area contributed by atoms with Gasteiger partial charge in [0.1, 0.15) is 13.2 Å². The number of unbranched alkanes of at least 4 members (excludes halogenated alkanes) is 2. The molecule has 1 atom stereocenters. The maximum atomic E-state index is 12.1. The topological polar surface area (TPSA) is 112 Å². The third kappa shape index (κ3) is 10.8. The summed E-state index contributed by atoms with van der Waals surface area (Å²) in [5.41, 5.74) is 4.56. The van der Waals surface area contributed by atoms with Gasteiger partial charge in [-0.3, -0.25) is 0 Å². The summed E-state index contributed by atoms with van der Waals surface area (Å²) < 4.78 is 22.8. The number of carbonyl (C=O) groups is 2. The second-order valence-corrected chi connectivity index (χ2v) is 13.8. The van der Waals surface area contributed by atoms with E-state index < -0.39 is 37.4 Å². The highest BCUT2D eigenvalue weighted by molar-refractivity contribution is 5.88. The highest BCUT2D eigenvalue weighted by atomic mass is 16.7. The maximum Gasteiger partial charge on any atom is 0.335 e. The normalized spacial score (nSPS) is 24.7. The smallest absolute Gasteiger partial charge is 0.335 e. The van der Waals surface area contributed by atoms with Crippen molar-refractivity contribution in [1.29, 1.82) is 0 Å². The molecule has 46 heavy (non-hydrogen) atoms. The van der Waals surface area contributed by atoms with Crippen LogP contribution in [-0.4, -0.2) is 68.1 Å². The fraction of sp³-hybridized carbons (Fsp3) is 0.684. The van der Waals surface area contributed by atoms with Crippen molar-refractivity contribution in [2.75, 3.05) is 39.6 Å². The minimum Gasteiger partial charge on any atom is -0.462 e. The van der Waals surface area contributed by atoms with Crippen molar-refractivity contribution in [3.8, 4) is 0 Å². The zero-order valence-electron chi connectivity index (χ0n) is 27.9. The lowest BCUT2D eigenvalue weighted by Gasteiger charge is -2.39. The minimum atomic E-state index is -0.732. The van der Waals surface area contributed by atoms with Crippen LogP contribution in [0.2, 0.25) is 0 Å². The van der Waals surface area contributed by atoms with Crippen LogP contribution in [0.5, 0.6) is 0 Å². The SMILES string of the molecule is C=C(CO)C(=O)OCC(COC(=O)C(=C)CO)C1OCC(C2CCC(CCC3CCc4cc(CCCCC)ccc4C3)CC2)CO1. The molecule has 2 fully saturated rings. The molecule has 1 heterocycles. The molecule has 1 saturated heterocycles. The highest BCUT2D eigenvalue weighted by Gasteiger charge is 2.36. The van der Waals surface area contributed by atoms with Gasteiger partial charge in [-0.25, -0.2) is 9.59 Å². The van der Waals surface area contributed by atoms with Crippen molar-refractivity contribution in [2.24, 2.45) is 29.6 Å². The number of carbonyl (C=O) groups excluding carboxylic acids is 2. The molecule has 1 aliphatic heterocycles. The molecule has 1 saturated carbocycles. The predicted molar refractivity (Wildman–Crippen MR) is 177 cm³/mol. The van der Waals surface area contributed by atoms with E-state index in [4.69, 9.17) is 29.2 Å². The Morgan fingerprint density at radius 2 is 1.48 bits per heavy atom. The highest BCUT2D eigenvalue weighted by Crippen LogP contribution is 2.39. The number of rotatable bonds is 17. The summed E-state index contributed by atoms with van der Waals surface area (Å²) in [7, 11) is 0. The summed E-state index contributed by atoms with van der Waals surface area (Å²) in [4.78, 5) is 24.1. The van der Waals surface area contributed by atoms with Crippen molar-refractivity contribution < 1.29 is 38.7 Å². The molecule has 3 aliphatic rings. The van der Waals surface area contributed by atoms with Gasteiger partial charge in [-0.1, -0.05) is 70.4 Å². The van der Waals surface area contributed by atoms with Gasteiger partial charge in [0, 0.05) is 5.92 Å². The molecule has 1 aromatic carbocycles. The number of aryl methyl sites for hydroxylation is 2. The number of aliphatic hydroxyl groups is 2. The summed E-state index contributed by atoms with van der Waals surface area (Å²) in [5, 5.41) is 18.3. The molecular weight excluding hydrogens is 584 g/mol.